The van der Waals surface area contributed by atoms with Crippen LogP contribution in [0.25, 0.3) is 0 Å². The van der Waals surface area contributed by atoms with E-state index in [-0.39, 0.29) is 0 Å². The molecular formula is C16H29N3. The van der Waals surface area contributed by atoms with Crippen LogP contribution >= 0.6 is 0 Å². The Labute approximate surface area is 118 Å². The van der Waals surface area contributed by atoms with Crippen molar-refractivity contribution in [1.29, 1.82) is 0 Å². The number of pyridine rings is 1. The Morgan fingerprint density at radius 1 is 1.21 bits per heavy atom. The third-order valence-electron chi connectivity index (χ3n) is 3.84. The van der Waals surface area contributed by atoms with Gasteiger partial charge in [-0.1, -0.05) is 20.3 Å². The summed E-state index contributed by atoms with van der Waals surface area (Å²) in [5.74, 6) is 0.810. The topological polar surface area (TPSA) is 42.1 Å². The maximum atomic E-state index is 5.65. The third-order valence-corrected chi connectivity index (χ3v) is 3.84. The summed E-state index contributed by atoms with van der Waals surface area (Å²) >= 11 is 0. The summed E-state index contributed by atoms with van der Waals surface area (Å²) in [6.45, 7) is 8.66. The molecule has 0 aromatic carbocycles. The molecule has 108 valence electrons. The zero-order chi connectivity index (χ0) is 13.9. The lowest BCUT2D eigenvalue weighted by Gasteiger charge is -2.22. The highest BCUT2D eigenvalue weighted by atomic mass is 15.1. The minimum atomic E-state index is 0.810. The molecule has 1 rings (SSSR count). The van der Waals surface area contributed by atoms with Crippen LogP contribution in [-0.2, 0) is 6.54 Å². The minimum absolute atomic E-state index is 0.810. The number of hydrogen-bond donors (Lipinski definition) is 1. The second kappa shape index (κ2) is 9.93. The molecule has 0 saturated heterocycles. The van der Waals surface area contributed by atoms with Gasteiger partial charge in [-0.25, -0.2) is 0 Å². The first-order valence-electron chi connectivity index (χ1n) is 7.61. The van der Waals surface area contributed by atoms with Crippen molar-refractivity contribution in [2.24, 2.45) is 11.7 Å². The number of nitrogens with zero attached hydrogens (tertiary/aromatic N) is 2. The maximum absolute atomic E-state index is 5.65. The van der Waals surface area contributed by atoms with Gasteiger partial charge in [0.1, 0.15) is 0 Å². The first kappa shape index (κ1) is 16.1. The van der Waals surface area contributed by atoms with E-state index in [2.05, 4.69) is 35.9 Å². The summed E-state index contributed by atoms with van der Waals surface area (Å²) in [7, 11) is 0. The smallest absolute Gasteiger partial charge is 0.0271 e. The highest BCUT2D eigenvalue weighted by Gasteiger charge is 2.07. The fourth-order valence-electron chi connectivity index (χ4n) is 2.49. The van der Waals surface area contributed by atoms with E-state index in [1.165, 1.54) is 37.8 Å². The van der Waals surface area contributed by atoms with Crippen LogP contribution in [0.3, 0.4) is 0 Å². The highest BCUT2D eigenvalue weighted by molar-refractivity contribution is 5.09. The van der Waals surface area contributed by atoms with E-state index in [9.17, 15) is 0 Å². The average Bonchev–Trinajstić information content (AvgIpc) is 2.46. The van der Waals surface area contributed by atoms with Crippen molar-refractivity contribution in [3.63, 3.8) is 0 Å². The molecule has 0 aliphatic heterocycles. The Balaban J connectivity index is 2.29. The van der Waals surface area contributed by atoms with Gasteiger partial charge in [0, 0.05) is 18.9 Å². The van der Waals surface area contributed by atoms with Crippen LogP contribution in [0.1, 0.15) is 45.1 Å². The molecule has 0 bridgehead atoms. The molecule has 0 amide bonds. The van der Waals surface area contributed by atoms with Crippen molar-refractivity contribution < 1.29 is 0 Å². The molecule has 0 fully saturated rings. The van der Waals surface area contributed by atoms with Gasteiger partial charge in [-0.15, -0.1) is 0 Å². The van der Waals surface area contributed by atoms with Gasteiger partial charge < -0.3 is 5.73 Å². The molecule has 0 spiro atoms. The van der Waals surface area contributed by atoms with Gasteiger partial charge in [0.2, 0.25) is 0 Å². The Kier molecular flexibility index (Phi) is 8.43. The second-order valence-electron chi connectivity index (χ2n) is 5.22. The van der Waals surface area contributed by atoms with E-state index in [0.717, 1.165) is 25.6 Å². The van der Waals surface area contributed by atoms with Crippen LogP contribution in [0.4, 0.5) is 0 Å². The largest absolute Gasteiger partial charge is 0.330 e. The molecular weight excluding hydrogens is 234 g/mol. The first-order chi connectivity index (χ1) is 9.30. The van der Waals surface area contributed by atoms with Crippen molar-refractivity contribution in [2.75, 3.05) is 19.6 Å². The molecule has 0 saturated carbocycles. The summed E-state index contributed by atoms with van der Waals surface area (Å²) in [5, 5.41) is 0. The van der Waals surface area contributed by atoms with Crippen molar-refractivity contribution in [3.05, 3.63) is 30.1 Å². The van der Waals surface area contributed by atoms with Gasteiger partial charge in [-0.05, 0) is 62.5 Å². The molecule has 0 radical (unpaired) electrons. The Bertz CT molecular complexity index is 313. The highest BCUT2D eigenvalue weighted by Crippen LogP contribution is 2.15. The Morgan fingerprint density at radius 3 is 2.53 bits per heavy atom. The van der Waals surface area contributed by atoms with Gasteiger partial charge in [0.15, 0.2) is 0 Å². The molecule has 1 heterocycles. The van der Waals surface area contributed by atoms with E-state index in [0.29, 0.717) is 0 Å². The van der Waals surface area contributed by atoms with Crippen LogP contribution in [0.5, 0.6) is 0 Å². The molecule has 0 aliphatic carbocycles. The summed E-state index contributed by atoms with van der Waals surface area (Å²) in [6.07, 6.45) is 8.76. The van der Waals surface area contributed by atoms with E-state index >= 15 is 0 Å². The van der Waals surface area contributed by atoms with Crippen molar-refractivity contribution in [2.45, 2.75) is 46.1 Å². The Hall–Kier alpha value is -0.930. The molecule has 19 heavy (non-hydrogen) atoms. The van der Waals surface area contributed by atoms with Crippen LogP contribution in [0, 0.1) is 5.92 Å². The molecule has 1 aromatic heterocycles. The maximum Gasteiger partial charge on any atom is 0.0271 e. The zero-order valence-electron chi connectivity index (χ0n) is 12.5. The SMILES string of the molecule is CCC(CCN)CCCN(CC)Cc1ccncc1. The lowest BCUT2D eigenvalue weighted by molar-refractivity contribution is 0.262. The third kappa shape index (κ3) is 6.69. The van der Waals surface area contributed by atoms with Crippen LogP contribution in [0.2, 0.25) is 0 Å². The second-order valence-corrected chi connectivity index (χ2v) is 5.22. The van der Waals surface area contributed by atoms with Crippen LogP contribution in [-0.4, -0.2) is 29.5 Å². The van der Waals surface area contributed by atoms with Crippen molar-refractivity contribution >= 4 is 0 Å². The van der Waals surface area contributed by atoms with Gasteiger partial charge in [-0.2, -0.15) is 0 Å². The number of hydrogen-bond acceptors (Lipinski definition) is 3. The number of aromatic nitrogens is 1. The van der Waals surface area contributed by atoms with E-state index in [1.807, 2.05) is 12.4 Å². The monoisotopic (exact) mass is 263 g/mol. The van der Waals surface area contributed by atoms with Gasteiger partial charge in [0.05, 0.1) is 0 Å². The van der Waals surface area contributed by atoms with Gasteiger partial charge in [0.25, 0.3) is 0 Å². The zero-order valence-corrected chi connectivity index (χ0v) is 12.5. The number of rotatable bonds is 10. The fraction of sp³-hybridized carbons (Fsp3) is 0.688. The lowest BCUT2D eigenvalue weighted by Crippen LogP contribution is -2.24. The lowest BCUT2D eigenvalue weighted by atomic mass is 9.96. The molecule has 2 N–H and O–H groups in total. The normalized spacial score (nSPS) is 12.8. The molecule has 0 aliphatic rings. The van der Waals surface area contributed by atoms with Crippen LogP contribution < -0.4 is 5.73 Å². The predicted molar refractivity (Wildman–Crippen MR) is 81.9 cm³/mol. The summed E-state index contributed by atoms with van der Waals surface area (Å²) in [4.78, 5) is 6.57. The summed E-state index contributed by atoms with van der Waals surface area (Å²) < 4.78 is 0. The van der Waals surface area contributed by atoms with E-state index in [1.54, 1.807) is 0 Å². The fourth-order valence-corrected chi connectivity index (χ4v) is 2.49. The predicted octanol–water partition coefficient (Wildman–Crippen LogP) is 3.06. The quantitative estimate of drug-likeness (QED) is 0.705. The molecule has 1 aromatic rings. The molecule has 1 unspecified atom stereocenters. The standard InChI is InChI=1S/C16H29N3/c1-3-15(7-10-17)6-5-13-19(4-2)14-16-8-11-18-12-9-16/h8-9,11-12,15H,3-7,10,13-14,17H2,1-2H3. The van der Waals surface area contributed by atoms with E-state index in [4.69, 9.17) is 5.73 Å². The average molecular weight is 263 g/mol. The molecule has 3 heteroatoms. The van der Waals surface area contributed by atoms with Crippen molar-refractivity contribution in [3.8, 4) is 0 Å². The van der Waals surface area contributed by atoms with Gasteiger partial charge in [-0.3, -0.25) is 9.88 Å². The minimum Gasteiger partial charge on any atom is -0.330 e. The number of nitrogens with two attached hydrogens (primary N) is 1. The van der Waals surface area contributed by atoms with Crippen molar-refractivity contribution in [1.82, 2.24) is 9.88 Å². The summed E-state index contributed by atoms with van der Waals surface area (Å²) in [6, 6.07) is 4.21. The van der Waals surface area contributed by atoms with Crippen LogP contribution in [0.15, 0.2) is 24.5 Å². The van der Waals surface area contributed by atoms with Gasteiger partial charge >= 0.3 is 0 Å². The van der Waals surface area contributed by atoms with E-state index < -0.39 is 0 Å². The Morgan fingerprint density at radius 2 is 1.95 bits per heavy atom. The first-order valence-corrected chi connectivity index (χ1v) is 7.61. The molecule has 1 atom stereocenters. The summed E-state index contributed by atoms with van der Waals surface area (Å²) in [5.41, 5.74) is 7.00. The molecule has 3 nitrogen and oxygen atoms in total.